The molecule has 45 heavy (non-hydrogen) atoms. The third-order valence-electron chi connectivity index (χ3n) is 7.47. The molecule has 0 aliphatic heterocycles. The van der Waals surface area contributed by atoms with Gasteiger partial charge in [0.05, 0.1) is 18.0 Å². The van der Waals surface area contributed by atoms with E-state index in [1.165, 1.54) is 16.1 Å². The van der Waals surface area contributed by atoms with Crippen LogP contribution in [0.1, 0.15) is 52.0 Å². The largest absolute Gasteiger partial charge is 0.493 e. The molecular weight excluding hydrogens is 594 g/mol. The normalized spacial score (nSPS) is 11.8. The first-order chi connectivity index (χ1) is 21.4. The lowest BCUT2D eigenvalue weighted by atomic mass is 9.94. The van der Waals surface area contributed by atoms with Gasteiger partial charge in [0.15, 0.2) is 5.65 Å². The van der Waals surface area contributed by atoms with Crippen LogP contribution in [-0.2, 0) is 0 Å². The molecule has 0 radical (unpaired) electrons. The van der Waals surface area contributed by atoms with Crippen LogP contribution in [0, 0.1) is 6.92 Å². The van der Waals surface area contributed by atoms with E-state index >= 15 is 0 Å². The number of benzene rings is 1. The quantitative estimate of drug-likeness (QED) is 0.254. The third kappa shape index (κ3) is 5.76. The van der Waals surface area contributed by atoms with Crippen LogP contribution in [0.5, 0.6) is 5.75 Å². The van der Waals surface area contributed by atoms with Crippen molar-refractivity contribution in [3.63, 3.8) is 0 Å². The summed E-state index contributed by atoms with van der Waals surface area (Å²) in [6.07, 6.45) is 4.63. The first-order valence-electron chi connectivity index (χ1n) is 14.2. The molecule has 0 bridgehead atoms. The van der Waals surface area contributed by atoms with Gasteiger partial charge in [0, 0.05) is 67.9 Å². The maximum atomic E-state index is 12.5. The molecule has 1 aromatic carbocycles. The van der Waals surface area contributed by atoms with Crippen molar-refractivity contribution in [3.05, 3.63) is 76.6 Å². The van der Waals surface area contributed by atoms with E-state index in [0.717, 1.165) is 22.3 Å². The highest BCUT2D eigenvalue weighted by Gasteiger charge is 2.27. The van der Waals surface area contributed by atoms with Crippen molar-refractivity contribution in [1.82, 2.24) is 39.5 Å². The van der Waals surface area contributed by atoms with Crippen LogP contribution in [0.15, 0.2) is 49.1 Å². The standard InChI is InChI=1S/C32H34ClN9O3/c1-8-45-28-21(13-22(33)17(2)25(28)19-9-11-23(35-14-19)31(43)40(4)5)18(3)42-30-26(29(34)37-16-38-30)27(39-42)20-10-12-24(36-15-20)32(44)41(6)7/h9-16,18H,8H2,1-7H3,(H2,34,37,38). The Kier molecular flexibility index (Phi) is 8.69. The van der Waals surface area contributed by atoms with E-state index in [-0.39, 0.29) is 17.6 Å². The highest BCUT2D eigenvalue weighted by atomic mass is 35.5. The lowest BCUT2D eigenvalue weighted by Crippen LogP contribution is -2.22. The number of anilines is 1. The maximum absolute atomic E-state index is 12.5. The van der Waals surface area contributed by atoms with Crippen molar-refractivity contribution < 1.29 is 14.3 Å². The molecule has 1 atom stereocenters. The van der Waals surface area contributed by atoms with Crippen LogP contribution in [-0.4, -0.2) is 86.1 Å². The Labute approximate surface area is 265 Å². The first-order valence-corrected chi connectivity index (χ1v) is 14.6. The molecule has 5 aromatic rings. The van der Waals surface area contributed by atoms with Crippen molar-refractivity contribution in [2.24, 2.45) is 0 Å². The Bertz CT molecular complexity index is 1900. The van der Waals surface area contributed by atoms with Crippen LogP contribution in [0.4, 0.5) is 5.82 Å². The number of hydrogen-bond acceptors (Lipinski definition) is 9. The van der Waals surface area contributed by atoms with Gasteiger partial charge < -0.3 is 20.3 Å². The minimum atomic E-state index is -0.431. The van der Waals surface area contributed by atoms with E-state index in [1.54, 1.807) is 63.5 Å². The smallest absolute Gasteiger partial charge is 0.271 e. The third-order valence-corrected chi connectivity index (χ3v) is 7.86. The molecule has 232 valence electrons. The van der Waals surface area contributed by atoms with Crippen molar-refractivity contribution in [3.8, 4) is 28.1 Å². The summed E-state index contributed by atoms with van der Waals surface area (Å²) in [7, 11) is 6.70. The average molecular weight is 628 g/mol. The van der Waals surface area contributed by atoms with E-state index in [0.29, 0.717) is 51.1 Å². The second-order valence-electron chi connectivity index (χ2n) is 10.9. The summed E-state index contributed by atoms with van der Waals surface area (Å²) in [5.74, 6) is 0.465. The summed E-state index contributed by atoms with van der Waals surface area (Å²) in [4.78, 5) is 45.4. The number of nitrogens with two attached hydrogens (primary N) is 1. The van der Waals surface area contributed by atoms with Crippen LogP contribution < -0.4 is 10.5 Å². The predicted molar refractivity (Wildman–Crippen MR) is 173 cm³/mol. The number of rotatable bonds is 8. The van der Waals surface area contributed by atoms with Gasteiger partial charge in [0.25, 0.3) is 11.8 Å². The van der Waals surface area contributed by atoms with Gasteiger partial charge in [-0.15, -0.1) is 0 Å². The fourth-order valence-electron chi connectivity index (χ4n) is 5.09. The number of fused-ring (bicyclic) bond motifs is 1. The Balaban J connectivity index is 1.66. The summed E-state index contributed by atoms with van der Waals surface area (Å²) in [5.41, 5.74) is 11.8. The summed E-state index contributed by atoms with van der Waals surface area (Å²) < 4.78 is 8.05. The van der Waals surface area contributed by atoms with E-state index in [9.17, 15) is 9.59 Å². The van der Waals surface area contributed by atoms with Gasteiger partial charge in [0.1, 0.15) is 35.0 Å². The summed E-state index contributed by atoms with van der Waals surface area (Å²) in [6, 6.07) is 8.39. The lowest BCUT2D eigenvalue weighted by Gasteiger charge is -2.23. The van der Waals surface area contributed by atoms with Gasteiger partial charge in [-0.1, -0.05) is 17.7 Å². The Morgan fingerprint density at radius 3 is 2.09 bits per heavy atom. The SMILES string of the molecule is CCOc1c(C(C)n2nc(-c3ccc(C(=O)N(C)C)nc3)c3c(N)ncnc32)cc(Cl)c(C)c1-c1ccc(C(=O)N(C)C)nc1. The van der Waals surface area contributed by atoms with E-state index in [2.05, 4.69) is 19.9 Å². The number of hydrogen-bond donors (Lipinski definition) is 1. The number of carbonyl (C=O) groups excluding carboxylic acids is 2. The predicted octanol–water partition coefficient (Wildman–Crippen LogP) is 4.91. The van der Waals surface area contributed by atoms with Crippen molar-refractivity contribution in [2.75, 3.05) is 40.5 Å². The van der Waals surface area contributed by atoms with Crippen LogP contribution in [0.2, 0.25) is 5.02 Å². The van der Waals surface area contributed by atoms with Gasteiger partial charge in [-0.05, 0) is 50.6 Å². The molecule has 2 N–H and O–H groups in total. The number of carbonyl (C=O) groups is 2. The fraction of sp³-hybridized carbons (Fsp3) is 0.281. The number of aromatic nitrogens is 6. The van der Waals surface area contributed by atoms with Crippen molar-refractivity contribution in [2.45, 2.75) is 26.8 Å². The summed E-state index contributed by atoms with van der Waals surface area (Å²) >= 11 is 6.85. The zero-order valence-electron chi connectivity index (χ0n) is 26.2. The Morgan fingerprint density at radius 2 is 1.56 bits per heavy atom. The lowest BCUT2D eigenvalue weighted by molar-refractivity contribution is 0.0815. The maximum Gasteiger partial charge on any atom is 0.271 e. The molecule has 5 rings (SSSR count). The number of amides is 2. The minimum absolute atomic E-state index is 0.194. The van der Waals surface area contributed by atoms with Crippen molar-refractivity contribution in [1.29, 1.82) is 0 Å². The Hall–Kier alpha value is -5.10. The van der Waals surface area contributed by atoms with E-state index in [1.807, 2.05) is 32.9 Å². The number of nitrogen functional groups attached to an aromatic ring is 1. The molecule has 0 saturated carbocycles. The fourth-order valence-corrected chi connectivity index (χ4v) is 5.30. The zero-order chi connectivity index (χ0) is 32.6. The van der Waals surface area contributed by atoms with Gasteiger partial charge in [-0.2, -0.15) is 5.10 Å². The summed E-state index contributed by atoms with van der Waals surface area (Å²) in [5, 5.41) is 6.04. The molecule has 0 aliphatic rings. The van der Waals surface area contributed by atoms with Crippen LogP contribution in [0.25, 0.3) is 33.4 Å². The Morgan fingerprint density at radius 1 is 0.956 bits per heavy atom. The van der Waals surface area contributed by atoms with Gasteiger partial charge in [-0.3, -0.25) is 19.6 Å². The zero-order valence-corrected chi connectivity index (χ0v) is 26.9. The number of nitrogens with zero attached hydrogens (tertiary/aromatic N) is 8. The molecular formula is C32H34ClN9O3. The second kappa shape index (κ2) is 12.5. The van der Waals surface area contributed by atoms with Crippen molar-refractivity contribution >= 4 is 40.3 Å². The van der Waals surface area contributed by atoms with Crippen LogP contribution in [0.3, 0.4) is 0 Å². The molecule has 2 amide bonds. The molecule has 0 aliphatic carbocycles. The molecule has 4 aromatic heterocycles. The van der Waals surface area contributed by atoms with Gasteiger partial charge in [0.2, 0.25) is 0 Å². The highest BCUT2D eigenvalue weighted by Crippen LogP contribution is 2.44. The molecule has 13 heteroatoms. The monoisotopic (exact) mass is 627 g/mol. The number of halogens is 1. The molecule has 0 fully saturated rings. The molecule has 0 saturated heterocycles. The average Bonchev–Trinajstić information content (AvgIpc) is 3.43. The number of ether oxygens (including phenoxy) is 1. The topological polar surface area (TPSA) is 145 Å². The first kappa shape index (κ1) is 31.3. The van der Waals surface area contributed by atoms with Crippen LogP contribution >= 0.6 is 11.6 Å². The van der Waals surface area contributed by atoms with E-state index < -0.39 is 6.04 Å². The van der Waals surface area contributed by atoms with Gasteiger partial charge >= 0.3 is 0 Å². The van der Waals surface area contributed by atoms with E-state index in [4.69, 9.17) is 27.2 Å². The molecule has 0 spiro atoms. The highest BCUT2D eigenvalue weighted by molar-refractivity contribution is 6.32. The minimum Gasteiger partial charge on any atom is -0.493 e. The molecule has 1 unspecified atom stereocenters. The molecule has 4 heterocycles. The second-order valence-corrected chi connectivity index (χ2v) is 11.3. The number of pyridine rings is 2. The molecule has 12 nitrogen and oxygen atoms in total. The van der Waals surface area contributed by atoms with Gasteiger partial charge in [-0.25, -0.2) is 14.6 Å². The summed E-state index contributed by atoms with van der Waals surface area (Å²) in [6.45, 7) is 6.19.